The summed E-state index contributed by atoms with van der Waals surface area (Å²) in [6.07, 6.45) is -5.97. The third-order valence-corrected chi connectivity index (χ3v) is 5.53. The van der Waals surface area contributed by atoms with E-state index in [0.29, 0.717) is 0 Å². The number of nitrogens with zero attached hydrogens (tertiary/aromatic N) is 1. The number of phosphoric ester groups is 1. The number of phosphoric acid groups is 1. The fraction of sp³-hybridized carbons (Fsp3) is 0.692. The van der Waals surface area contributed by atoms with Crippen molar-refractivity contribution >= 4 is 26.3 Å². The highest BCUT2D eigenvalue weighted by Crippen LogP contribution is 2.50. The van der Waals surface area contributed by atoms with E-state index < -0.39 is 63.0 Å². The van der Waals surface area contributed by atoms with Crippen molar-refractivity contribution in [3.8, 4) is 0 Å². The van der Waals surface area contributed by atoms with E-state index in [-0.39, 0.29) is 0 Å². The van der Waals surface area contributed by atoms with Crippen LogP contribution in [0.25, 0.3) is 0 Å². The lowest BCUT2D eigenvalue weighted by atomic mass is 10.1. The van der Waals surface area contributed by atoms with E-state index in [0.717, 1.165) is 23.9 Å². The molecule has 1 aliphatic heterocycles. The first-order valence-corrected chi connectivity index (χ1v) is 12.1. The van der Waals surface area contributed by atoms with Gasteiger partial charge in [-0.05, 0) is 25.7 Å². The first-order valence-electron chi connectivity index (χ1n) is 9.02. The maximum Gasteiger partial charge on any atom is 0.469 e. The Morgan fingerprint density at radius 2 is 2.03 bits per heavy atom. The summed E-state index contributed by atoms with van der Waals surface area (Å²) in [7, 11) is -4.20. The Labute approximate surface area is 172 Å². The fourth-order valence-corrected chi connectivity index (χ4v) is 4.69. The molecule has 166 valence electrons. The summed E-state index contributed by atoms with van der Waals surface area (Å²) in [5.41, 5.74) is -1.66. The molecule has 16 heteroatoms. The van der Waals surface area contributed by atoms with Crippen molar-refractivity contribution in [1.82, 2.24) is 9.55 Å². The monoisotopic (exact) mass is 478 g/mol. The van der Waals surface area contributed by atoms with Gasteiger partial charge in [0.25, 0.3) is 5.56 Å². The Kier molecular flexibility index (Phi) is 7.10. The van der Waals surface area contributed by atoms with Gasteiger partial charge in [-0.3, -0.25) is 23.4 Å². The minimum absolute atomic E-state index is 0.585. The van der Waals surface area contributed by atoms with Crippen LogP contribution in [0, 0.1) is 0 Å². The van der Waals surface area contributed by atoms with Gasteiger partial charge in [0.15, 0.2) is 6.23 Å². The molecule has 0 saturated carbocycles. The molecule has 0 radical (unpaired) electrons. The van der Waals surface area contributed by atoms with Crippen LogP contribution >= 0.6 is 14.5 Å². The van der Waals surface area contributed by atoms with Gasteiger partial charge in [0.1, 0.15) is 18.3 Å². The first-order chi connectivity index (χ1) is 14.1. The van der Waals surface area contributed by atoms with E-state index in [4.69, 9.17) is 42.9 Å². The molecule has 5 atom stereocenters. The van der Waals surface area contributed by atoms with Gasteiger partial charge >= 0.3 is 20.2 Å². The second-order valence-electron chi connectivity index (χ2n) is 6.06. The van der Waals surface area contributed by atoms with Gasteiger partial charge in [-0.1, -0.05) is 0 Å². The van der Waals surface area contributed by atoms with Crippen molar-refractivity contribution < 1.29 is 45.0 Å². The van der Waals surface area contributed by atoms with Crippen molar-refractivity contribution in [3.63, 3.8) is 0 Å². The standard InChI is InChI=1S/C13H22N2O11P2S/c1-7(2)25-28(21,29)26-10-8(6-23-27(18,19)20)24-12(11(10)22-3)15-5-4-9(16)14-13(15)17/h4-5,7-8,10-12H,6H2,1-3H3,(H,21,29)(H,14,16,17)(H2,18,19,20)/t8-,10?,11+,12-,28?/m1/s1/i6D2. The maximum atomic E-state index is 12.2. The van der Waals surface area contributed by atoms with Crippen molar-refractivity contribution in [2.45, 2.75) is 44.5 Å². The molecule has 13 nitrogen and oxygen atoms in total. The molecule has 4 N–H and O–H groups in total. The molecule has 2 unspecified atom stereocenters. The molecular weight excluding hydrogens is 454 g/mol. The molecule has 0 aliphatic carbocycles. The van der Waals surface area contributed by atoms with Crippen LogP contribution in [0.5, 0.6) is 0 Å². The maximum absolute atomic E-state index is 12.2. The molecule has 1 saturated heterocycles. The normalized spacial score (nSPS) is 28.8. The summed E-state index contributed by atoms with van der Waals surface area (Å²) in [4.78, 5) is 54.0. The lowest BCUT2D eigenvalue weighted by Crippen LogP contribution is -2.40. The van der Waals surface area contributed by atoms with Crippen molar-refractivity contribution in [3.05, 3.63) is 33.1 Å². The number of ether oxygens (including phenoxy) is 2. The molecule has 1 aromatic rings. The fourth-order valence-electron chi connectivity index (χ4n) is 2.52. The van der Waals surface area contributed by atoms with Crippen LogP contribution in [0.15, 0.2) is 21.9 Å². The molecule has 1 aliphatic rings. The second kappa shape index (κ2) is 9.58. The quantitative estimate of drug-likeness (QED) is 0.338. The predicted octanol–water partition coefficient (Wildman–Crippen LogP) is -0.415. The Morgan fingerprint density at radius 1 is 1.38 bits per heavy atom. The number of methoxy groups -OCH3 is 1. The van der Waals surface area contributed by atoms with Crippen LogP contribution in [-0.2, 0) is 39.4 Å². The molecule has 29 heavy (non-hydrogen) atoms. The highest BCUT2D eigenvalue weighted by Gasteiger charge is 2.50. The summed E-state index contributed by atoms with van der Waals surface area (Å²) < 4.78 is 53.5. The zero-order valence-corrected chi connectivity index (χ0v) is 18.0. The first kappa shape index (κ1) is 21.5. The molecule has 1 fully saturated rings. The van der Waals surface area contributed by atoms with E-state index in [1.54, 1.807) is 13.8 Å². The zero-order chi connectivity index (χ0) is 23.8. The minimum Gasteiger partial charge on any atom is -0.374 e. The van der Waals surface area contributed by atoms with Gasteiger partial charge < -0.3 is 28.7 Å². The number of aromatic amines is 1. The number of hydrogen-bond donors (Lipinski definition) is 4. The van der Waals surface area contributed by atoms with Gasteiger partial charge in [-0.2, -0.15) is 0 Å². The number of rotatable bonds is 9. The van der Waals surface area contributed by atoms with Gasteiger partial charge in [0.2, 0.25) is 0 Å². The SMILES string of the molecule is [2H]C([2H])(OP(=O)(O)O)[C@H]1O[C@@H](n2ccc(=O)[nH]c2=O)[C@@H](OC)C1OP(O)(=S)OC(C)C. The zero-order valence-electron chi connectivity index (χ0n) is 17.4. The highest BCUT2D eigenvalue weighted by molar-refractivity contribution is 8.07. The number of nitrogens with one attached hydrogen (secondary N) is 1. The van der Waals surface area contributed by atoms with Gasteiger partial charge in [-0.15, -0.1) is 0 Å². The molecule has 2 heterocycles. The average molecular weight is 478 g/mol. The van der Waals surface area contributed by atoms with Gasteiger partial charge in [0, 0.05) is 19.4 Å². The van der Waals surface area contributed by atoms with Crippen molar-refractivity contribution in [2.75, 3.05) is 13.7 Å². The Balaban J connectivity index is 2.53. The van der Waals surface area contributed by atoms with Crippen molar-refractivity contribution in [1.29, 1.82) is 0 Å². The summed E-state index contributed by atoms with van der Waals surface area (Å²) in [5.74, 6) is 0. The minimum atomic E-state index is -5.35. The van der Waals surface area contributed by atoms with Crippen LogP contribution in [0.4, 0.5) is 0 Å². The Hall–Kier alpha value is -0.760. The predicted molar refractivity (Wildman–Crippen MR) is 102 cm³/mol. The van der Waals surface area contributed by atoms with E-state index in [1.165, 1.54) is 0 Å². The number of H-pyrrole nitrogens is 1. The van der Waals surface area contributed by atoms with Crippen LogP contribution < -0.4 is 11.2 Å². The molecule has 2 rings (SSSR count). The largest absolute Gasteiger partial charge is 0.469 e. The molecule has 0 amide bonds. The van der Waals surface area contributed by atoms with Crippen LogP contribution in [0.1, 0.15) is 22.8 Å². The Bertz CT molecular complexity index is 996. The second-order valence-corrected chi connectivity index (χ2v) is 9.96. The van der Waals surface area contributed by atoms with Gasteiger partial charge in [0.05, 0.1) is 15.4 Å². The summed E-state index contributed by atoms with van der Waals surface area (Å²) in [5, 5.41) is 0. The lowest BCUT2D eigenvalue weighted by Gasteiger charge is -2.27. The van der Waals surface area contributed by atoms with Crippen LogP contribution in [0.3, 0.4) is 0 Å². The lowest BCUT2D eigenvalue weighted by molar-refractivity contribution is -0.0620. The molecule has 1 aromatic heterocycles. The topological polar surface area (TPSA) is 179 Å². The third-order valence-electron chi connectivity index (χ3n) is 3.47. The smallest absolute Gasteiger partial charge is 0.374 e. The average Bonchev–Trinajstić information content (AvgIpc) is 2.89. The van der Waals surface area contributed by atoms with E-state index in [1.807, 2.05) is 4.98 Å². The summed E-state index contributed by atoms with van der Waals surface area (Å²) >= 11 is 4.92. The van der Waals surface area contributed by atoms with E-state index >= 15 is 0 Å². The molecule has 0 aromatic carbocycles. The van der Waals surface area contributed by atoms with Gasteiger partial charge in [-0.25, -0.2) is 9.36 Å². The van der Waals surface area contributed by atoms with E-state index in [9.17, 15) is 19.0 Å². The van der Waals surface area contributed by atoms with Crippen LogP contribution in [0.2, 0.25) is 0 Å². The van der Waals surface area contributed by atoms with Crippen LogP contribution in [-0.4, -0.2) is 62.3 Å². The van der Waals surface area contributed by atoms with Crippen molar-refractivity contribution in [2.24, 2.45) is 0 Å². The van der Waals surface area contributed by atoms with E-state index in [2.05, 4.69) is 4.52 Å². The summed E-state index contributed by atoms with van der Waals surface area (Å²) in [6.45, 7) is -4.13. The molecular formula is C13H22N2O11P2S. The molecule has 0 spiro atoms. The highest BCUT2D eigenvalue weighted by atomic mass is 32.5. The summed E-state index contributed by atoms with van der Waals surface area (Å²) in [6, 6.07) is 0.986. The Morgan fingerprint density at radius 3 is 2.55 bits per heavy atom. The third kappa shape index (κ3) is 6.88. The number of aromatic nitrogens is 2. The molecule has 0 bridgehead atoms. The number of hydrogen-bond acceptors (Lipinski definition) is 9.